The first-order chi connectivity index (χ1) is 8.66. The number of carboxylic acid groups (broad SMARTS) is 1. The number of carbonyl (C=O) groups is 1. The van der Waals surface area contributed by atoms with Crippen molar-refractivity contribution in [2.75, 3.05) is 6.54 Å². The standard InChI is InChI=1S/C14H25NO3/c1-10(11-5-3-2-4-6-11)15-9-12-7-8-13(18-12)14(16)17/h10-13,15H,2-9H2,1H3,(H,16,17). The van der Waals surface area contributed by atoms with Gasteiger partial charge >= 0.3 is 5.97 Å². The maximum Gasteiger partial charge on any atom is 0.332 e. The quantitative estimate of drug-likeness (QED) is 0.790. The summed E-state index contributed by atoms with van der Waals surface area (Å²) in [7, 11) is 0. The first-order valence-corrected chi connectivity index (χ1v) is 7.28. The van der Waals surface area contributed by atoms with Gasteiger partial charge in [-0.1, -0.05) is 19.3 Å². The molecule has 4 nitrogen and oxygen atoms in total. The third-order valence-electron chi connectivity index (χ3n) is 4.41. The molecule has 0 bridgehead atoms. The molecule has 2 fully saturated rings. The molecule has 0 spiro atoms. The molecule has 0 aromatic rings. The summed E-state index contributed by atoms with van der Waals surface area (Å²) < 4.78 is 5.50. The van der Waals surface area contributed by atoms with Gasteiger partial charge in [0.05, 0.1) is 6.10 Å². The minimum atomic E-state index is -0.821. The molecule has 1 heterocycles. The van der Waals surface area contributed by atoms with Crippen LogP contribution < -0.4 is 5.32 Å². The third kappa shape index (κ3) is 3.69. The van der Waals surface area contributed by atoms with Crippen LogP contribution in [-0.4, -0.2) is 35.9 Å². The molecule has 1 aliphatic carbocycles. The van der Waals surface area contributed by atoms with Crippen LogP contribution in [0.25, 0.3) is 0 Å². The van der Waals surface area contributed by atoms with Crippen molar-refractivity contribution in [1.82, 2.24) is 5.32 Å². The molecular weight excluding hydrogens is 230 g/mol. The van der Waals surface area contributed by atoms with Crippen LogP contribution in [0.3, 0.4) is 0 Å². The van der Waals surface area contributed by atoms with E-state index in [1.165, 1.54) is 32.1 Å². The van der Waals surface area contributed by atoms with Crippen molar-refractivity contribution < 1.29 is 14.6 Å². The van der Waals surface area contributed by atoms with Crippen LogP contribution in [0.15, 0.2) is 0 Å². The van der Waals surface area contributed by atoms with E-state index in [1.54, 1.807) is 0 Å². The van der Waals surface area contributed by atoms with E-state index in [0.717, 1.165) is 18.9 Å². The predicted molar refractivity (Wildman–Crippen MR) is 69.6 cm³/mol. The zero-order valence-electron chi connectivity index (χ0n) is 11.2. The molecule has 2 aliphatic rings. The second kappa shape index (κ2) is 6.53. The van der Waals surface area contributed by atoms with Gasteiger partial charge in [-0.25, -0.2) is 4.79 Å². The lowest BCUT2D eigenvalue weighted by atomic mass is 9.84. The van der Waals surface area contributed by atoms with Crippen molar-refractivity contribution in [3.63, 3.8) is 0 Å². The Morgan fingerprint density at radius 3 is 2.61 bits per heavy atom. The highest BCUT2D eigenvalue weighted by Crippen LogP contribution is 2.26. The van der Waals surface area contributed by atoms with Crippen LogP contribution >= 0.6 is 0 Å². The van der Waals surface area contributed by atoms with Crippen LogP contribution in [0.5, 0.6) is 0 Å². The van der Waals surface area contributed by atoms with E-state index in [0.29, 0.717) is 12.5 Å². The minimum absolute atomic E-state index is 0.0807. The lowest BCUT2D eigenvalue weighted by Gasteiger charge is -2.29. The Balaban J connectivity index is 1.67. The van der Waals surface area contributed by atoms with E-state index >= 15 is 0 Å². The Labute approximate surface area is 109 Å². The summed E-state index contributed by atoms with van der Waals surface area (Å²) in [5.41, 5.74) is 0. The molecule has 0 aromatic carbocycles. The van der Waals surface area contributed by atoms with E-state index in [4.69, 9.17) is 9.84 Å². The minimum Gasteiger partial charge on any atom is -0.479 e. The highest BCUT2D eigenvalue weighted by molar-refractivity contribution is 5.72. The average molecular weight is 255 g/mol. The Morgan fingerprint density at radius 1 is 1.28 bits per heavy atom. The van der Waals surface area contributed by atoms with Gasteiger partial charge in [-0.3, -0.25) is 0 Å². The molecule has 104 valence electrons. The first kappa shape index (κ1) is 13.8. The number of carboxylic acids is 1. The molecule has 2 rings (SSSR count). The zero-order chi connectivity index (χ0) is 13.0. The topological polar surface area (TPSA) is 58.6 Å². The number of aliphatic carboxylic acids is 1. The Hall–Kier alpha value is -0.610. The van der Waals surface area contributed by atoms with E-state index in [9.17, 15) is 4.79 Å². The van der Waals surface area contributed by atoms with Crippen molar-refractivity contribution in [1.29, 1.82) is 0 Å². The van der Waals surface area contributed by atoms with Crippen LogP contribution in [-0.2, 0) is 9.53 Å². The maximum atomic E-state index is 10.8. The van der Waals surface area contributed by atoms with Crippen molar-refractivity contribution in [3.05, 3.63) is 0 Å². The summed E-state index contributed by atoms with van der Waals surface area (Å²) in [4.78, 5) is 10.8. The van der Waals surface area contributed by atoms with Gasteiger partial charge in [0, 0.05) is 12.6 Å². The average Bonchev–Trinajstić information content (AvgIpc) is 2.86. The molecule has 4 heteroatoms. The summed E-state index contributed by atoms with van der Waals surface area (Å²) in [6.45, 7) is 3.04. The van der Waals surface area contributed by atoms with Crippen LogP contribution in [0.1, 0.15) is 51.9 Å². The fourth-order valence-corrected chi connectivity index (χ4v) is 3.16. The molecule has 1 saturated carbocycles. The predicted octanol–water partition coefficient (Wildman–Crippen LogP) is 2.18. The van der Waals surface area contributed by atoms with Gasteiger partial charge in [0.25, 0.3) is 0 Å². The Bertz CT molecular complexity index is 276. The fourth-order valence-electron chi connectivity index (χ4n) is 3.16. The second-order valence-corrected chi connectivity index (χ2v) is 5.76. The molecule has 3 atom stereocenters. The molecule has 3 unspecified atom stereocenters. The van der Waals surface area contributed by atoms with E-state index in [1.807, 2.05) is 0 Å². The Kier molecular flexibility index (Phi) is 5.01. The van der Waals surface area contributed by atoms with Gasteiger partial charge in [-0.05, 0) is 38.5 Å². The zero-order valence-corrected chi connectivity index (χ0v) is 11.2. The monoisotopic (exact) mass is 255 g/mol. The maximum absolute atomic E-state index is 10.8. The summed E-state index contributed by atoms with van der Waals surface area (Å²) >= 11 is 0. The van der Waals surface area contributed by atoms with E-state index < -0.39 is 12.1 Å². The second-order valence-electron chi connectivity index (χ2n) is 5.76. The Morgan fingerprint density at radius 2 is 2.00 bits per heavy atom. The van der Waals surface area contributed by atoms with Crippen molar-refractivity contribution in [2.45, 2.75) is 70.1 Å². The molecule has 1 saturated heterocycles. The number of ether oxygens (including phenoxy) is 1. The summed E-state index contributed by atoms with van der Waals surface area (Å²) in [6, 6.07) is 0.526. The number of hydrogen-bond acceptors (Lipinski definition) is 3. The molecule has 0 radical (unpaired) electrons. The third-order valence-corrected chi connectivity index (χ3v) is 4.41. The van der Waals surface area contributed by atoms with Crippen molar-refractivity contribution >= 4 is 5.97 Å². The van der Waals surface area contributed by atoms with Gasteiger partial charge in [-0.2, -0.15) is 0 Å². The summed E-state index contributed by atoms with van der Waals surface area (Å²) in [5, 5.41) is 12.4. The summed E-state index contributed by atoms with van der Waals surface area (Å²) in [5.74, 6) is -0.0340. The number of hydrogen-bond donors (Lipinski definition) is 2. The molecule has 0 aromatic heterocycles. The van der Waals surface area contributed by atoms with Gasteiger partial charge in [-0.15, -0.1) is 0 Å². The molecular formula is C14H25NO3. The van der Waals surface area contributed by atoms with Gasteiger partial charge in [0.15, 0.2) is 6.10 Å². The molecule has 18 heavy (non-hydrogen) atoms. The molecule has 0 amide bonds. The van der Waals surface area contributed by atoms with Crippen LogP contribution in [0, 0.1) is 5.92 Å². The highest BCUT2D eigenvalue weighted by atomic mass is 16.5. The number of nitrogens with one attached hydrogen (secondary N) is 1. The van der Waals surface area contributed by atoms with Gasteiger partial charge in [0.1, 0.15) is 0 Å². The SMILES string of the molecule is CC(NCC1CCC(C(=O)O)O1)C1CCCCC1. The smallest absolute Gasteiger partial charge is 0.332 e. The van der Waals surface area contributed by atoms with E-state index in [-0.39, 0.29) is 6.10 Å². The van der Waals surface area contributed by atoms with Gasteiger partial charge < -0.3 is 15.2 Å². The van der Waals surface area contributed by atoms with Gasteiger partial charge in [0.2, 0.25) is 0 Å². The van der Waals surface area contributed by atoms with Crippen LogP contribution in [0.4, 0.5) is 0 Å². The number of rotatable bonds is 5. The van der Waals surface area contributed by atoms with E-state index in [2.05, 4.69) is 12.2 Å². The first-order valence-electron chi connectivity index (χ1n) is 7.28. The summed E-state index contributed by atoms with van der Waals surface area (Å²) in [6.07, 6.45) is 7.78. The largest absolute Gasteiger partial charge is 0.479 e. The lowest BCUT2D eigenvalue weighted by Crippen LogP contribution is -2.39. The normalized spacial score (nSPS) is 31.4. The molecule has 1 aliphatic heterocycles. The molecule has 2 N–H and O–H groups in total. The van der Waals surface area contributed by atoms with Crippen LogP contribution in [0.2, 0.25) is 0 Å². The lowest BCUT2D eigenvalue weighted by molar-refractivity contribution is -0.149. The van der Waals surface area contributed by atoms with Crippen molar-refractivity contribution in [2.24, 2.45) is 5.92 Å². The fraction of sp³-hybridized carbons (Fsp3) is 0.929. The van der Waals surface area contributed by atoms with Crippen molar-refractivity contribution in [3.8, 4) is 0 Å². The highest BCUT2D eigenvalue weighted by Gasteiger charge is 2.30.